The maximum absolute atomic E-state index is 11.4. The lowest BCUT2D eigenvalue weighted by Crippen LogP contribution is -2.41. The lowest BCUT2D eigenvalue weighted by atomic mass is 10.1. The fourth-order valence-corrected chi connectivity index (χ4v) is 4.26. The average molecular weight is 262 g/mol. The first-order chi connectivity index (χ1) is 7.98. The van der Waals surface area contributed by atoms with Crippen LogP contribution in [0, 0.1) is 5.92 Å². The van der Waals surface area contributed by atoms with Gasteiger partial charge in [-0.05, 0) is 6.42 Å². The Kier molecular flexibility index (Phi) is 3.70. The van der Waals surface area contributed by atoms with Gasteiger partial charge < -0.3 is 10.4 Å². The van der Waals surface area contributed by atoms with Crippen molar-refractivity contribution in [2.75, 3.05) is 37.7 Å². The van der Waals surface area contributed by atoms with Gasteiger partial charge in [-0.25, -0.2) is 8.42 Å². The second kappa shape index (κ2) is 4.91. The van der Waals surface area contributed by atoms with Crippen molar-refractivity contribution < 1.29 is 18.3 Å². The summed E-state index contributed by atoms with van der Waals surface area (Å²) in [6.45, 7) is 2.36. The number of sulfone groups is 1. The van der Waals surface area contributed by atoms with Gasteiger partial charge >= 0.3 is 5.97 Å². The van der Waals surface area contributed by atoms with E-state index < -0.39 is 21.7 Å². The number of hydrogen-bond acceptors (Lipinski definition) is 5. The van der Waals surface area contributed by atoms with Gasteiger partial charge in [0.1, 0.15) is 0 Å². The molecule has 0 radical (unpaired) electrons. The van der Waals surface area contributed by atoms with Gasteiger partial charge in [0.15, 0.2) is 9.84 Å². The van der Waals surface area contributed by atoms with E-state index in [0.29, 0.717) is 19.5 Å². The highest BCUT2D eigenvalue weighted by Gasteiger charge is 2.35. The molecule has 98 valence electrons. The second-order valence-electron chi connectivity index (χ2n) is 4.79. The topological polar surface area (TPSA) is 86.7 Å². The van der Waals surface area contributed by atoms with Crippen LogP contribution in [0.4, 0.5) is 0 Å². The smallest absolute Gasteiger partial charge is 0.309 e. The number of nitrogens with one attached hydrogen (secondary N) is 1. The lowest BCUT2D eigenvalue weighted by molar-refractivity contribution is -0.142. The molecule has 0 bridgehead atoms. The van der Waals surface area contributed by atoms with Gasteiger partial charge in [-0.15, -0.1) is 0 Å². The summed E-state index contributed by atoms with van der Waals surface area (Å²) in [5, 5.41) is 12.1. The normalized spacial score (nSPS) is 34.4. The van der Waals surface area contributed by atoms with Crippen molar-refractivity contribution in [3.05, 3.63) is 0 Å². The Morgan fingerprint density at radius 1 is 1.41 bits per heavy atom. The predicted octanol–water partition coefficient (Wildman–Crippen LogP) is -1.22. The quantitative estimate of drug-likeness (QED) is 0.648. The molecule has 0 saturated carbocycles. The number of carbonyl (C=O) groups is 1. The molecule has 0 amide bonds. The molecule has 2 unspecified atom stereocenters. The Morgan fingerprint density at radius 3 is 2.76 bits per heavy atom. The highest BCUT2D eigenvalue weighted by Crippen LogP contribution is 2.19. The zero-order valence-electron chi connectivity index (χ0n) is 9.63. The predicted molar refractivity (Wildman–Crippen MR) is 62.6 cm³/mol. The van der Waals surface area contributed by atoms with E-state index in [1.54, 1.807) is 0 Å². The third-order valence-electron chi connectivity index (χ3n) is 3.50. The number of aliphatic carboxylic acids is 1. The van der Waals surface area contributed by atoms with E-state index in [2.05, 4.69) is 5.32 Å². The highest BCUT2D eigenvalue weighted by molar-refractivity contribution is 7.91. The molecule has 0 aromatic carbocycles. The molecule has 2 fully saturated rings. The number of carboxylic acid groups (broad SMARTS) is 1. The van der Waals surface area contributed by atoms with Crippen LogP contribution in [-0.2, 0) is 14.6 Å². The summed E-state index contributed by atoms with van der Waals surface area (Å²) in [7, 11) is -2.90. The van der Waals surface area contributed by atoms with Crippen molar-refractivity contribution in [1.29, 1.82) is 0 Å². The summed E-state index contributed by atoms with van der Waals surface area (Å²) in [6, 6.07) is 0.00162. The standard InChI is InChI=1S/C10H18N2O4S/c13-10(14)8-5-11-2-3-12(6-8)9-1-4-17(15,16)7-9/h8-9,11H,1-7H2,(H,13,14). The summed E-state index contributed by atoms with van der Waals surface area (Å²) in [5.74, 6) is -0.843. The van der Waals surface area contributed by atoms with E-state index in [0.717, 1.165) is 13.1 Å². The van der Waals surface area contributed by atoms with Gasteiger partial charge in [-0.3, -0.25) is 9.69 Å². The number of nitrogens with zero attached hydrogens (tertiary/aromatic N) is 1. The summed E-state index contributed by atoms with van der Waals surface area (Å²) in [4.78, 5) is 13.0. The maximum atomic E-state index is 11.4. The van der Waals surface area contributed by atoms with Crippen LogP contribution >= 0.6 is 0 Å². The third-order valence-corrected chi connectivity index (χ3v) is 5.25. The van der Waals surface area contributed by atoms with E-state index in [1.807, 2.05) is 4.90 Å². The van der Waals surface area contributed by atoms with Crippen LogP contribution in [0.25, 0.3) is 0 Å². The Labute approximate surface area is 101 Å². The molecule has 0 aromatic rings. The molecule has 2 N–H and O–H groups in total. The van der Waals surface area contributed by atoms with E-state index in [4.69, 9.17) is 5.11 Å². The minimum atomic E-state index is -2.90. The molecule has 6 nitrogen and oxygen atoms in total. The van der Waals surface area contributed by atoms with Crippen LogP contribution in [-0.4, -0.2) is 68.1 Å². The van der Waals surface area contributed by atoms with E-state index in [1.165, 1.54) is 0 Å². The van der Waals surface area contributed by atoms with Gasteiger partial charge in [-0.1, -0.05) is 0 Å². The Morgan fingerprint density at radius 2 is 2.18 bits per heavy atom. The molecule has 2 heterocycles. The molecule has 0 aromatic heterocycles. The van der Waals surface area contributed by atoms with Crippen LogP contribution in [0.5, 0.6) is 0 Å². The Balaban J connectivity index is 2.02. The molecule has 2 aliphatic heterocycles. The van der Waals surface area contributed by atoms with Gasteiger partial charge in [0.05, 0.1) is 17.4 Å². The number of hydrogen-bond donors (Lipinski definition) is 2. The molecule has 0 aliphatic carbocycles. The van der Waals surface area contributed by atoms with Gasteiger partial charge in [0.2, 0.25) is 0 Å². The molecular formula is C10H18N2O4S. The fraction of sp³-hybridized carbons (Fsp3) is 0.900. The first kappa shape index (κ1) is 12.8. The van der Waals surface area contributed by atoms with Crippen LogP contribution in [0.15, 0.2) is 0 Å². The maximum Gasteiger partial charge on any atom is 0.309 e. The van der Waals surface area contributed by atoms with Crippen molar-refractivity contribution in [1.82, 2.24) is 10.2 Å². The zero-order valence-corrected chi connectivity index (χ0v) is 10.4. The van der Waals surface area contributed by atoms with Crippen molar-refractivity contribution in [2.24, 2.45) is 5.92 Å². The molecule has 0 spiro atoms. The molecule has 2 aliphatic rings. The fourth-order valence-electron chi connectivity index (χ4n) is 2.50. The highest BCUT2D eigenvalue weighted by atomic mass is 32.2. The lowest BCUT2D eigenvalue weighted by Gasteiger charge is -2.27. The van der Waals surface area contributed by atoms with Crippen LogP contribution < -0.4 is 5.32 Å². The Hall–Kier alpha value is -0.660. The van der Waals surface area contributed by atoms with Crippen molar-refractivity contribution in [3.63, 3.8) is 0 Å². The van der Waals surface area contributed by atoms with E-state index >= 15 is 0 Å². The first-order valence-corrected chi connectivity index (χ1v) is 7.68. The summed E-state index contributed by atoms with van der Waals surface area (Å²) >= 11 is 0. The molecule has 2 atom stereocenters. The monoisotopic (exact) mass is 262 g/mol. The SMILES string of the molecule is O=C(O)C1CNCCN(C2CCS(=O)(=O)C2)C1. The van der Waals surface area contributed by atoms with Crippen LogP contribution in [0.3, 0.4) is 0 Å². The summed E-state index contributed by atoms with van der Waals surface area (Å²) < 4.78 is 22.9. The minimum Gasteiger partial charge on any atom is -0.481 e. The molecule has 17 heavy (non-hydrogen) atoms. The first-order valence-electron chi connectivity index (χ1n) is 5.86. The number of rotatable bonds is 2. The van der Waals surface area contributed by atoms with Crippen LogP contribution in [0.2, 0.25) is 0 Å². The molecule has 7 heteroatoms. The third kappa shape index (κ3) is 3.17. The van der Waals surface area contributed by atoms with Crippen LogP contribution in [0.1, 0.15) is 6.42 Å². The average Bonchev–Trinajstić information content (AvgIpc) is 2.51. The summed E-state index contributed by atoms with van der Waals surface area (Å²) in [6.07, 6.45) is 0.634. The van der Waals surface area contributed by atoms with Crippen molar-refractivity contribution in [3.8, 4) is 0 Å². The Bertz CT molecular complexity index is 395. The van der Waals surface area contributed by atoms with Crippen molar-refractivity contribution >= 4 is 15.8 Å². The van der Waals surface area contributed by atoms with Gasteiger partial charge in [0, 0.05) is 32.2 Å². The van der Waals surface area contributed by atoms with Crippen molar-refractivity contribution in [2.45, 2.75) is 12.5 Å². The minimum absolute atomic E-state index is 0.00162. The van der Waals surface area contributed by atoms with E-state index in [-0.39, 0.29) is 17.5 Å². The van der Waals surface area contributed by atoms with Gasteiger partial charge in [-0.2, -0.15) is 0 Å². The molecule has 2 rings (SSSR count). The molecular weight excluding hydrogens is 244 g/mol. The van der Waals surface area contributed by atoms with Gasteiger partial charge in [0.25, 0.3) is 0 Å². The zero-order chi connectivity index (χ0) is 12.5. The van der Waals surface area contributed by atoms with E-state index in [9.17, 15) is 13.2 Å². The second-order valence-corrected chi connectivity index (χ2v) is 7.02. The molecule has 2 saturated heterocycles. The summed E-state index contributed by atoms with van der Waals surface area (Å²) in [5.41, 5.74) is 0. The largest absolute Gasteiger partial charge is 0.481 e. The number of carboxylic acids is 1.